The molecule has 0 bridgehead atoms. The van der Waals surface area contributed by atoms with E-state index in [4.69, 9.17) is 21.8 Å². The number of rotatable bonds is 3. The molecule has 6 heteroatoms. The molecule has 3 aromatic rings. The first-order valence-corrected chi connectivity index (χ1v) is 7.75. The molecular weight excluding hydrogens is 328 g/mol. The number of phenols is 1. The first kappa shape index (κ1) is 16.2. The van der Waals surface area contributed by atoms with Gasteiger partial charge in [-0.25, -0.2) is 0 Å². The van der Waals surface area contributed by atoms with Gasteiger partial charge in [0.25, 0.3) is 5.91 Å². The highest BCUT2D eigenvalue weighted by Gasteiger charge is 2.27. The Bertz CT molecular complexity index is 917. The predicted molar refractivity (Wildman–Crippen MR) is 92.9 cm³/mol. The fraction of sp³-hybridized carbons (Fsp3) is 0.167. The Labute approximate surface area is 144 Å². The molecule has 0 saturated heterocycles. The van der Waals surface area contributed by atoms with Gasteiger partial charge in [-0.2, -0.15) is 0 Å². The molecule has 24 heavy (non-hydrogen) atoms. The SMILES string of the molecule is Cc1coc(C)c1-c1c(C(N)=O)c(C)c(Cl)n1-c1ccc(O)cc1. The van der Waals surface area contributed by atoms with Gasteiger partial charge in [0, 0.05) is 11.3 Å². The summed E-state index contributed by atoms with van der Waals surface area (Å²) in [4.78, 5) is 12.1. The van der Waals surface area contributed by atoms with Crippen LogP contribution in [0.3, 0.4) is 0 Å². The van der Waals surface area contributed by atoms with E-state index in [9.17, 15) is 9.90 Å². The van der Waals surface area contributed by atoms with Crippen molar-refractivity contribution in [3.8, 4) is 22.7 Å². The number of carbonyl (C=O) groups is 1. The van der Waals surface area contributed by atoms with Crippen molar-refractivity contribution < 1.29 is 14.3 Å². The average Bonchev–Trinajstić information content (AvgIpc) is 2.98. The maximum absolute atomic E-state index is 12.1. The molecule has 0 aliphatic heterocycles. The zero-order valence-corrected chi connectivity index (χ0v) is 14.3. The summed E-state index contributed by atoms with van der Waals surface area (Å²) in [5, 5.41) is 9.92. The quantitative estimate of drug-likeness (QED) is 0.749. The predicted octanol–water partition coefficient (Wildman–Crippen LogP) is 4.12. The summed E-state index contributed by atoms with van der Waals surface area (Å²) in [7, 11) is 0. The van der Waals surface area contributed by atoms with Crippen LogP contribution in [0.5, 0.6) is 5.75 Å². The Hall–Kier alpha value is -2.66. The normalized spacial score (nSPS) is 11.0. The number of aryl methyl sites for hydroxylation is 2. The van der Waals surface area contributed by atoms with Crippen LogP contribution in [0.4, 0.5) is 0 Å². The molecule has 3 rings (SSSR count). The van der Waals surface area contributed by atoms with Gasteiger partial charge in [0.15, 0.2) is 0 Å². The Morgan fingerprint density at radius 2 is 1.83 bits per heavy atom. The minimum atomic E-state index is -0.554. The molecule has 124 valence electrons. The minimum Gasteiger partial charge on any atom is -0.508 e. The lowest BCUT2D eigenvalue weighted by atomic mass is 10.0. The fourth-order valence-electron chi connectivity index (χ4n) is 2.97. The van der Waals surface area contributed by atoms with Gasteiger partial charge in [-0.05, 0) is 56.2 Å². The summed E-state index contributed by atoms with van der Waals surface area (Å²) in [5.74, 6) is 0.261. The van der Waals surface area contributed by atoms with Crippen molar-refractivity contribution in [2.75, 3.05) is 0 Å². The number of amides is 1. The van der Waals surface area contributed by atoms with Crippen LogP contribution in [0, 0.1) is 20.8 Å². The molecule has 0 saturated carbocycles. The molecule has 5 nitrogen and oxygen atoms in total. The van der Waals surface area contributed by atoms with E-state index in [1.54, 1.807) is 42.0 Å². The van der Waals surface area contributed by atoms with Crippen molar-refractivity contribution in [2.45, 2.75) is 20.8 Å². The van der Waals surface area contributed by atoms with Gasteiger partial charge in [0.05, 0.1) is 17.5 Å². The van der Waals surface area contributed by atoms with Crippen LogP contribution in [0.2, 0.25) is 5.15 Å². The molecule has 1 aromatic carbocycles. The number of phenolic OH excluding ortho intramolecular Hbond substituents is 1. The Balaban J connectivity index is 2.43. The molecule has 0 spiro atoms. The number of benzene rings is 1. The topological polar surface area (TPSA) is 81.4 Å². The number of nitrogens with two attached hydrogens (primary N) is 1. The lowest BCUT2D eigenvalue weighted by Crippen LogP contribution is -2.13. The lowest BCUT2D eigenvalue weighted by molar-refractivity contribution is 0.100. The largest absolute Gasteiger partial charge is 0.508 e. The summed E-state index contributed by atoms with van der Waals surface area (Å²) >= 11 is 6.52. The van der Waals surface area contributed by atoms with E-state index >= 15 is 0 Å². The van der Waals surface area contributed by atoms with Gasteiger partial charge in [0.2, 0.25) is 0 Å². The number of hydrogen-bond acceptors (Lipinski definition) is 3. The number of furan rings is 1. The van der Waals surface area contributed by atoms with Crippen molar-refractivity contribution in [1.29, 1.82) is 0 Å². The van der Waals surface area contributed by atoms with Crippen molar-refractivity contribution in [3.05, 3.63) is 58.1 Å². The molecule has 0 unspecified atom stereocenters. The molecule has 0 aliphatic carbocycles. The average molecular weight is 345 g/mol. The summed E-state index contributed by atoms with van der Waals surface area (Å²) < 4.78 is 7.25. The molecule has 2 aromatic heterocycles. The first-order chi connectivity index (χ1) is 11.3. The number of carbonyl (C=O) groups excluding carboxylic acids is 1. The van der Waals surface area contributed by atoms with Crippen molar-refractivity contribution in [3.63, 3.8) is 0 Å². The van der Waals surface area contributed by atoms with E-state index in [0.29, 0.717) is 33.4 Å². The maximum atomic E-state index is 12.1. The number of aromatic hydroxyl groups is 1. The molecular formula is C18H17ClN2O3. The van der Waals surface area contributed by atoms with Crippen LogP contribution in [-0.4, -0.2) is 15.6 Å². The van der Waals surface area contributed by atoms with Gasteiger partial charge in [-0.3, -0.25) is 9.36 Å². The number of primary amides is 1. The van der Waals surface area contributed by atoms with Gasteiger partial charge in [0.1, 0.15) is 16.7 Å². The van der Waals surface area contributed by atoms with Crippen LogP contribution in [0.1, 0.15) is 27.2 Å². The Morgan fingerprint density at radius 3 is 2.33 bits per heavy atom. The minimum absolute atomic E-state index is 0.145. The highest BCUT2D eigenvalue weighted by atomic mass is 35.5. The second-order valence-electron chi connectivity index (χ2n) is 5.71. The molecule has 0 radical (unpaired) electrons. The van der Waals surface area contributed by atoms with Crippen LogP contribution in [0.25, 0.3) is 16.9 Å². The monoisotopic (exact) mass is 344 g/mol. The maximum Gasteiger partial charge on any atom is 0.251 e. The zero-order chi connectivity index (χ0) is 17.6. The fourth-order valence-corrected chi connectivity index (χ4v) is 3.24. The van der Waals surface area contributed by atoms with Crippen molar-refractivity contribution >= 4 is 17.5 Å². The van der Waals surface area contributed by atoms with Gasteiger partial charge < -0.3 is 15.3 Å². The molecule has 0 aliphatic rings. The van der Waals surface area contributed by atoms with Crippen molar-refractivity contribution in [1.82, 2.24) is 4.57 Å². The van der Waals surface area contributed by atoms with Crippen LogP contribution >= 0.6 is 11.6 Å². The highest BCUT2D eigenvalue weighted by molar-refractivity contribution is 6.32. The van der Waals surface area contributed by atoms with E-state index in [1.807, 2.05) is 13.8 Å². The molecule has 2 heterocycles. The summed E-state index contributed by atoms with van der Waals surface area (Å²) in [5.41, 5.74) is 9.56. The first-order valence-electron chi connectivity index (χ1n) is 7.38. The van der Waals surface area contributed by atoms with E-state index in [2.05, 4.69) is 0 Å². The highest BCUT2D eigenvalue weighted by Crippen LogP contribution is 2.40. The van der Waals surface area contributed by atoms with Crippen LogP contribution < -0.4 is 5.73 Å². The third-order valence-electron chi connectivity index (χ3n) is 4.09. The van der Waals surface area contributed by atoms with Gasteiger partial charge in [-0.1, -0.05) is 11.6 Å². The van der Waals surface area contributed by atoms with Crippen LogP contribution in [-0.2, 0) is 0 Å². The molecule has 0 atom stereocenters. The Kier molecular flexibility index (Phi) is 3.89. The molecule has 3 N–H and O–H groups in total. The van der Waals surface area contributed by atoms with Gasteiger partial charge in [-0.15, -0.1) is 0 Å². The van der Waals surface area contributed by atoms with E-state index in [1.165, 1.54) is 0 Å². The standard InChI is InChI=1S/C18H17ClN2O3/c1-9-8-24-11(3)14(9)16-15(18(20)23)10(2)17(19)21(16)12-4-6-13(22)7-5-12/h4-8,22H,1-3H3,(H2,20,23). The summed E-state index contributed by atoms with van der Waals surface area (Å²) in [6.07, 6.45) is 1.63. The van der Waals surface area contributed by atoms with E-state index in [-0.39, 0.29) is 5.75 Å². The lowest BCUT2D eigenvalue weighted by Gasteiger charge is -2.12. The zero-order valence-electron chi connectivity index (χ0n) is 13.6. The van der Waals surface area contributed by atoms with E-state index in [0.717, 1.165) is 11.1 Å². The Morgan fingerprint density at radius 1 is 1.21 bits per heavy atom. The number of aromatic nitrogens is 1. The second-order valence-corrected chi connectivity index (χ2v) is 6.06. The molecule has 0 fully saturated rings. The van der Waals surface area contributed by atoms with Gasteiger partial charge >= 0.3 is 0 Å². The summed E-state index contributed by atoms with van der Waals surface area (Å²) in [6, 6.07) is 6.56. The van der Waals surface area contributed by atoms with Crippen molar-refractivity contribution in [2.24, 2.45) is 5.73 Å². The third kappa shape index (κ3) is 2.37. The second kappa shape index (κ2) is 5.76. The number of halogens is 1. The smallest absolute Gasteiger partial charge is 0.251 e. The van der Waals surface area contributed by atoms with E-state index < -0.39 is 5.91 Å². The summed E-state index contributed by atoms with van der Waals surface area (Å²) in [6.45, 7) is 5.48. The van der Waals surface area contributed by atoms with Crippen LogP contribution in [0.15, 0.2) is 34.9 Å². The molecule has 1 amide bonds. The number of hydrogen-bond donors (Lipinski definition) is 2. The third-order valence-corrected chi connectivity index (χ3v) is 4.54. The number of nitrogens with zero attached hydrogens (tertiary/aromatic N) is 1.